The molecule has 0 saturated heterocycles. The lowest BCUT2D eigenvalue weighted by Crippen LogP contribution is -2.61. The molecule has 6 rings (SSSR count). The number of carboxylic acids is 1. The van der Waals surface area contributed by atoms with Gasteiger partial charge < -0.3 is 25.0 Å². The van der Waals surface area contributed by atoms with Crippen molar-refractivity contribution in [2.75, 3.05) is 11.9 Å². The Labute approximate surface area is 280 Å². The van der Waals surface area contributed by atoms with Gasteiger partial charge in [0.1, 0.15) is 17.0 Å². The van der Waals surface area contributed by atoms with E-state index in [1.165, 1.54) is 19.3 Å². The minimum atomic E-state index is -1.04. The molecule has 0 atom stereocenters. The maximum atomic E-state index is 13.8. The minimum absolute atomic E-state index is 0.257. The van der Waals surface area contributed by atoms with Gasteiger partial charge in [-0.05, 0) is 94.3 Å². The number of carboxylic acid groups (broad SMARTS) is 1. The normalized spacial score (nSPS) is 16.3. The molecule has 2 saturated carbocycles. The first-order chi connectivity index (χ1) is 23.2. The van der Waals surface area contributed by atoms with Crippen molar-refractivity contribution in [1.82, 2.24) is 19.9 Å². The largest absolute Gasteiger partial charge is 0.493 e. The number of nitrogens with one attached hydrogen (secondary N) is 2. The molecule has 0 radical (unpaired) electrons. The Kier molecular flexibility index (Phi) is 9.61. The first-order valence-electron chi connectivity index (χ1n) is 17.0. The summed E-state index contributed by atoms with van der Waals surface area (Å²) in [6, 6.07) is 11.3. The van der Waals surface area contributed by atoms with Crippen LogP contribution >= 0.6 is 0 Å². The van der Waals surface area contributed by atoms with Crippen LogP contribution in [0, 0.1) is 6.92 Å². The number of carbonyl (C=O) groups excluding carboxylic acids is 2. The second-order valence-corrected chi connectivity index (χ2v) is 12.8. The lowest BCUT2D eigenvalue weighted by molar-refractivity contribution is -0.132. The lowest BCUT2D eigenvalue weighted by atomic mass is 9.75. The number of nitrogens with zero attached hydrogens (tertiary/aromatic N) is 3. The van der Waals surface area contributed by atoms with E-state index >= 15 is 0 Å². The summed E-state index contributed by atoms with van der Waals surface area (Å²) in [5.41, 5.74) is 4.83. The van der Waals surface area contributed by atoms with Crippen LogP contribution in [0.2, 0.25) is 0 Å². The zero-order chi connectivity index (χ0) is 33.8. The monoisotopic (exact) mass is 649 g/mol. The van der Waals surface area contributed by atoms with Gasteiger partial charge in [0.25, 0.3) is 5.91 Å². The lowest BCUT2D eigenvalue weighted by Gasteiger charge is -2.40. The number of anilines is 1. The van der Waals surface area contributed by atoms with E-state index in [4.69, 9.17) is 4.74 Å². The van der Waals surface area contributed by atoms with Crippen molar-refractivity contribution >= 4 is 40.4 Å². The van der Waals surface area contributed by atoms with Gasteiger partial charge in [0.15, 0.2) is 0 Å². The highest BCUT2D eigenvalue weighted by Crippen LogP contribution is 2.40. The summed E-state index contributed by atoms with van der Waals surface area (Å²) < 4.78 is 8.19. The molecular weight excluding hydrogens is 606 g/mol. The molecule has 2 fully saturated rings. The molecule has 2 heterocycles. The van der Waals surface area contributed by atoms with Crippen molar-refractivity contribution in [3.8, 4) is 17.1 Å². The van der Waals surface area contributed by atoms with Crippen LogP contribution in [0.5, 0.6) is 5.75 Å². The number of carbonyl (C=O) groups is 3. The molecule has 0 spiro atoms. The van der Waals surface area contributed by atoms with Crippen molar-refractivity contribution in [2.45, 2.75) is 90.1 Å². The van der Waals surface area contributed by atoms with Gasteiger partial charge in [-0.15, -0.1) is 0 Å². The zero-order valence-electron chi connectivity index (χ0n) is 27.8. The third kappa shape index (κ3) is 6.43. The van der Waals surface area contributed by atoms with Gasteiger partial charge in [-0.25, -0.2) is 4.79 Å². The molecule has 0 bridgehead atoms. The summed E-state index contributed by atoms with van der Waals surface area (Å²) in [4.78, 5) is 48.1. The Balaban J connectivity index is 1.26. The van der Waals surface area contributed by atoms with E-state index < -0.39 is 11.5 Å². The van der Waals surface area contributed by atoms with Gasteiger partial charge >= 0.3 is 5.97 Å². The molecule has 2 aromatic carbocycles. The van der Waals surface area contributed by atoms with Crippen molar-refractivity contribution in [2.24, 2.45) is 0 Å². The minimum Gasteiger partial charge on any atom is -0.493 e. The highest BCUT2D eigenvalue weighted by Gasteiger charge is 2.45. The second kappa shape index (κ2) is 14.0. The van der Waals surface area contributed by atoms with Gasteiger partial charge in [0.2, 0.25) is 5.91 Å². The van der Waals surface area contributed by atoms with E-state index in [9.17, 15) is 19.5 Å². The van der Waals surface area contributed by atoms with Crippen LogP contribution in [-0.2, 0) is 9.59 Å². The molecule has 2 amide bonds. The number of aliphatic carboxylic acids is 1. The average molecular weight is 650 g/mol. The summed E-state index contributed by atoms with van der Waals surface area (Å²) in [6.45, 7) is 6.08. The maximum absolute atomic E-state index is 13.8. The third-order valence-electron chi connectivity index (χ3n) is 9.82. The molecule has 2 aromatic heterocycles. The number of benzene rings is 2. The van der Waals surface area contributed by atoms with Crippen molar-refractivity contribution < 1.29 is 24.2 Å². The summed E-state index contributed by atoms with van der Waals surface area (Å²) in [6.07, 6.45) is 14.8. The van der Waals surface area contributed by atoms with E-state index in [0.717, 1.165) is 47.1 Å². The van der Waals surface area contributed by atoms with E-state index in [-0.39, 0.29) is 17.4 Å². The number of fused-ring (bicyclic) bond motifs is 1. The first kappa shape index (κ1) is 32.9. The Morgan fingerprint density at radius 2 is 1.83 bits per heavy atom. The van der Waals surface area contributed by atoms with Gasteiger partial charge in [-0.1, -0.05) is 26.2 Å². The standard InChI is InChI=1S/C38H43N5O5/c1-4-25(36(45)46)20-26-12-14-28(22-33(26)48-5-2)41-37(47)38(16-9-17-38)42-35(44)27-13-15-32-30(21-27)24(3)34(31-23-39-18-19-40-31)43(32)29-10-7-6-8-11-29/h12-15,18-23,29H,4-11,16-17H2,1-3H3,(H,41,47)(H,42,44)(H,45,46)/b25-20+. The van der Waals surface area contributed by atoms with Gasteiger partial charge in [-0.2, -0.15) is 0 Å². The number of rotatable bonds is 11. The van der Waals surface area contributed by atoms with Gasteiger partial charge in [-0.3, -0.25) is 19.6 Å². The average Bonchev–Trinajstić information content (AvgIpc) is 3.38. The van der Waals surface area contributed by atoms with Crippen LogP contribution in [0.15, 0.2) is 60.6 Å². The Bertz CT molecular complexity index is 1870. The van der Waals surface area contributed by atoms with Crippen molar-refractivity contribution in [3.63, 3.8) is 0 Å². The van der Waals surface area contributed by atoms with Crippen molar-refractivity contribution in [3.05, 3.63) is 77.3 Å². The number of amides is 2. The van der Waals surface area contributed by atoms with E-state index in [1.807, 2.05) is 25.1 Å². The molecule has 4 aromatic rings. The quantitative estimate of drug-likeness (QED) is 0.143. The molecule has 2 aliphatic rings. The number of ether oxygens (including phenoxy) is 1. The highest BCUT2D eigenvalue weighted by atomic mass is 16.5. The topological polar surface area (TPSA) is 135 Å². The van der Waals surface area contributed by atoms with E-state index in [0.29, 0.717) is 54.5 Å². The number of aromatic nitrogens is 3. The summed E-state index contributed by atoms with van der Waals surface area (Å²) >= 11 is 0. The van der Waals surface area contributed by atoms with Crippen LogP contribution in [0.25, 0.3) is 28.4 Å². The van der Waals surface area contributed by atoms with Crippen LogP contribution in [0.1, 0.15) is 99.2 Å². The van der Waals surface area contributed by atoms with E-state index in [1.54, 1.807) is 49.8 Å². The SMILES string of the molecule is CCOc1cc(NC(=O)C2(NC(=O)c3ccc4c(c3)c(C)c(-c3cnccn3)n4C3CCCCC3)CCC2)ccc1/C=C(\CC)C(=O)O. The van der Waals surface area contributed by atoms with Crippen molar-refractivity contribution in [1.29, 1.82) is 0 Å². The number of hydrogen-bond donors (Lipinski definition) is 3. The Morgan fingerprint density at radius 1 is 1.04 bits per heavy atom. The predicted molar refractivity (Wildman–Crippen MR) is 186 cm³/mol. The third-order valence-corrected chi connectivity index (χ3v) is 9.82. The zero-order valence-corrected chi connectivity index (χ0v) is 27.8. The fourth-order valence-corrected chi connectivity index (χ4v) is 7.07. The first-order valence-corrected chi connectivity index (χ1v) is 17.0. The summed E-state index contributed by atoms with van der Waals surface area (Å²) in [7, 11) is 0. The fourth-order valence-electron chi connectivity index (χ4n) is 7.07. The Hall–Kier alpha value is -4.99. The molecule has 48 heavy (non-hydrogen) atoms. The van der Waals surface area contributed by atoms with Crippen LogP contribution in [0.4, 0.5) is 5.69 Å². The fraction of sp³-hybridized carbons (Fsp3) is 0.395. The smallest absolute Gasteiger partial charge is 0.331 e. The van der Waals surface area contributed by atoms with Gasteiger partial charge in [0.05, 0.1) is 18.5 Å². The molecule has 2 aliphatic carbocycles. The summed E-state index contributed by atoms with van der Waals surface area (Å²) in [5, 5.41) is 16.5. The van der Waals surface area contributed by atoms with Gasteiger partial charge in [0, 0.05) is 57.8 Å². The summed E-state index contributed by atoms with van der Waals surface area (Å²) in [5.74, 6) is -1.10. The molecule has 250 valence electrons. The molecule has 10 nitrogen and oxygen atoms in total. The molecule has 3 N–H and O–H groups in total. The second-order valence-electron chi connectivity index (χ2n) is 12.8. The van der Waals surface area contributed by atoms with Crippen LogP contribution in [0.3, 0.4) is 0 Å². The molecule has 10 heteroatoms. The number of hydrogen-bond acceptors (Lipinski definition) is 6. The highest BCUT2D eigenvalue weighted by molar-refractivity contribution is 6.06. The Morgan fingerprint density at radius 3 is 2.48 bits per heavy atom. The van der Waals surface area contributed by atoms with E-state index in [2.05, 4.69) is 32.1 Å². The molecule has 0 unspecified atom stereocenters. The maximum Gasteiger partial charge on any atom is 0.331 e. The van der Waals surface area contributed by atoms with Crippen LogP contribution < -0.4 is 15.4 Å². The molecule has 0 aliphatic heterocycles. The predicted octanol–water partition coefficient (Wildman–Crippen LogP) is 7.48. The van der Waals surface area contributed by atoms with Crippen LogP contribution in [-0.4, -0.2) is 49.6 Å². The molecular formula is C38H43N5O5. The number of aryl methyl sites for hydroxylation is 1.